The van der Waals surface area contributed by atoms with E-state index in [0.29, 0.717) is 16.8 Å². The van der Waals surface area contributed by atoms with Crippen molar-refractivity contribution in [3.05, 3.63) is 39.0 Å². The van der Waals surface area contributed by atoms with Crippen molar-refractivity contribution in [1.29, 1.82) is 0 Å². The van der Waals surface area contributed by atoms with Crippen LogP contribution in [0.4, 0.5) is 4.39 Å². The fourth-order valence-electron chi connectivity index (χ4n) is 2.23. The highest BCUT2D eigenvalue weighted by Gasteiger charge is 2.52. The molecule has 136 valence electrons. The van der Waals surface area contributed by atoms with Gasteiger partial charge in [-0.05, 0) is 45.3 Å². The molecular formula is C17H20BCl2FO3S. The summed E-state index contributed by atoms with van der Waals surface area (Å²) in [4.78, 5) is 11.4. The number of carbonyl (C=O) groups excluding carboxylic acids is 1. The SMILES string of the molecule is CC(=O)SCC(=Cc1c(Cl)cc(F)cc1Cl)B1OC(C)(C)C(C)(C)O1. The first-order chi connectivity index (χ1) is 11.4. The molecule has 1 heterocycles. The zero-order chi connectivity index (χ0) is 19.0. The topological polar surface area (TPSA) is 35.5 Å². The number of hydrogen-bond acceptors (Lipinski definition) is 4. The Morgan fingerprint density at radius 2 is 1.68 bits per heavy atom. The van der Waals surface area contributed by atoms with Crippen molar-refractivity contribution in [1.82, 2.24) is 0 Å². The van der Waals surface area contributed by atoms with Gasteiger partial charge in [0.05, 0.1) is 21.2 Å². The van der Waals surface area contributed by atoms with Crippen molar-refractivity contribution < 1.29 is 18.5 Å². The maximum Gasteiger partial charge on any atom is 0.491 e. The van der Waals surface area contributed by atoms with Gasteiger partial charge in [-0.25, -0.2) is 4.39 Å². The Bertz CT molecular complexity index is 683. The minimum absolute atomic E-state index is 0.0290. The van der Waals surface area contributed by atoms with E-state index in [2.05, 4.69) is 0 Å². The van der Waals surface area contributed by atoms with Crippen molar-refractivity contribution in [3.8, 4) is 0 Å². The molecule has 0 aliphatic carbocycles. The van der Waals surface area contributed by atoms with E-state index in [1.807, 2.05) is 27.7 Å². The molecule has 8 heteroatoms. The molecule has 2 rings (SSSR count). The molecule has 1 saturated heterocycles. The Kier molecular flexibility index (Phi) is 6.33. The number of thioether (sulfide) groups is 1. The van der Waals surface area contributed by atoms with Gasteiger partial charge in [-0.1, -0.05) is 41.0 Å². The van der Waals surface area contributed by atoms with Crippen molar-refractivity contribution >= 4 is 53.3 Å². The van der Waals surface area contributed by atoms with Gasteiger partial charge in [0.2, 0.25) is 0 Å². The normalized spacial score (nSPS) is 19.4. The van der Waals surface area contributed by atoms with Crippen LogP contribution in [0.2, 0.25) is 10.0 Å². The van der Waals surface area contributed by atoms with Crippen LogP contribution in [-0.4, -0.2) is 29.2 Å². The molecule has 0 bridgehead atoms. The molecule has 0 amide bonds. The minimum atomic E-state index is -0.644. The fourth-order valence-corrected chi connectivity index (χ4v) is 3.39. The van der Waals surface area contributed by atoms with E-state index in [0.717, 1.165) is 11.8 Å². The summed E-state index contributed by atoms with van der Waals surface area (Å²) in [6.45, 7) is 9.27. The van der Waals surface area contributed by atoms with E-state index < -0.39 is 24.1 Å². The van der Waals surface area contributed by atoms with Crippen LogP contribution in [0.15, 0.2) is 17.6 Å². The quantitative estimate of drug-likeness (QED) is 0.627. The van der Waals surface area contributed by atoms with Crippen LogP contribution in [0.1, 0.15) is 40.2 Å². The van der Waals surface area contributed by atoms with Gasteiger partial charge in [-0.2, -0.15) is 0 Å². The third-order valence-corrected chi connectivity index (χ3v) is 5.88. The lowest BCUT2D eigenvalue weighted by Crippen LogP contribution is -2.41. The highest BCUT2D eigenvalue weighted by atomic mass is 35.5. The second-order valence-corrected chi connectivity index (χ2v) is 8.84. The van der Waals surface area contributed by atoms with E-state index in [9.17, 15) is 9.18 Å². The second-order valence-electron chi connectivity index (χ2n) is 6.87. The van der Waals surface area contributed by atoms with Gasteiger partial charge < -0.3 is 9.31 Å². The molecule has 0 aromatic heterocycles. The summed E-state index contributed by atoms with van der Waals surface area (Å²) >= 11 is 13.4. The molecule has 3 nitrogen and oxygen atoms in total. The highest BCUT2D eigenvalue weighted by molar-refractivity contribution is 8.13. The van der Waals surface area contributed by atoms with Crippen LogP contribution in [0.3, 0.4) is 0 Å². The van der Waals surface area contributed by atoms with Crippen molar-refractivity contribution in [2.75, 3.05) is 5.75 Å². The van der Waals surface area contributed by atoms with E-state index >= 15 is 0 Å². The van der Waals surface area contributed by atoms with Crippen molar-refractivity contribution in [2.45, 2.75) is 45.8 Å². The molecule has 1 aliphatic heterocycles. The first-order valence-electron chi connectivity index (χ1n) is 7.77. The largest absolute Gasteiger partial charge is 0.491 e. The summed E-state index contributed by atoms with van der Waals surface area (Å²) in [6, 6.07) is 2.39. The summed E-state index contributed by atoms with van der Waals surface area (Å²) in [5.74, 6) is -0.154. The van der Waals surface area contributed by atoms with Crippen LogP contribution in [0.5, 0.6) is 0 Å². The number of hydrogen-bond donors (Lipinski definition) is 0. The smallest absolute Gasteiger partial charge is 0.400 e. The van der Waals surface area contributed by atoms with E-state index in [4.69, 9.17) is 32.5 Å². The van der Waals surface area contributed by atoms with Crippen molar-refractivity contribution in [3.63, 3.8) is 0 Å². The third-order valence-electron chi connectivity index (χ3n) is 4.37. The minimum Gasteiger partial charge on any atom is -0.400 e. The van der Waals surface area contributed by atoms with Gasteiger partial charge in [0.15, 0.2) is 5.12 Å². The number of carbonyl (C=O) groups is 1. The van der Waals surface area contributed by atoms with E-state index in [-0.39, 0.29) is 15.2 Å². The number of rotatable bonds is 4. The van der Waals surface area contributed by atoms with Crippen LogP contribution >= 0.6 is 35.0 Å². The van der Waals surface area contributed by atoms with Crippen LogP contribution < -0.4 is 0 Å². The van der Waals surface area contributed by atoms with Gasteiger partial charge in [0, 0.05) is 18.2 Å². The first kappa shape index (κ1) is 20.8. The molecule has 0 atom stereocenters. The lowest BCUT2D eigenvalue weighted by Gasteiger charge is -2.32. The molecule has 1 aliphatic rings. The summed E-state index contributed by atoms with van der Waals surface area (Å²) in [7, 11) is -0.644. The van der Waals surface area contributed by atoms with E-state index in [1.54, 1.807) is 6.08 Å². The van der Waals surface area contributed by atoms with Gasteiger partial charge in [0.25, 0.3) is 0 Å². The summed E-state index contributed by atoms with van der Waals surface area (Å²) in [5, 5.41) is 0.345. The molecule has 0 N–H and O–H groups in total. The molecule has 0 unspecified atom stereocenters. The zero-order valence-corrected chi connectivity index (χ0v) is 17.1. The average molecular weight is 405 g/mol. The molecule has 1 fully saturated rings. The molecule has 25 heavy (non-hydrogen) atoms. The lowest BCUT2D eigenvalue weighted by molar-refractivity contribution is -0.109. The highest BCUT2D eigenvalue weighted by Crippen LogP contribution is 2.40. The number of benzene rings is 1. The van der Waals surface area contributed by atoms with E-state index in [1.165, 1.54) is 19.1 Å². The van der Waals surface area contributed by atoms with Crippen LogP contribution in [-0.2, 0) is 14.1 Å². The lowest BCUT2D eigenvalue weighted by atomic mass is 9.78. The maximum absolute atomic E-state index is 13.4. The molecule has 0 spiro atoms. The van der Waals surface area contributed by atoms with Gasteiger partial charge in [-0.15, -0.1) is 0 Å². The van der Waals surface area contributed by atoms with Crippen LogP contribution in [0, 0.1) is 5.82 Å². The Morgan fingerprint density at radius 1 is 1.20 bits per heavy atom. The fraction of sp³-hybridized carbons (Fsp3) is 0.471. The Morgan fingerprint density at radius 3 is 2.12 bits per heavy atom. The average Bonchev–Trinajstić information content (AvgIpc) is 2.65. The zero-order valence-electron chi connectivity index (χ0n) is 14.8. The Labute approximate surface area is 162 Å². The van der Waals surface area contributed by atoms with Gasteiger partial charge >= 0.3 is 7.12 Å². The molecule has 0 saturated carbocycles. The Balaban J connectivity index is 2.42. The van der Waals surface area contributed by atoms with Crippen LogP contribution in [0.25, 0.3) is 6.08 Å². The first-order valence-corrected chi connectivity index (χ1v) is 9.51. The summed E-state index contributed by atoms with van der Waals surface area (Å²) in [6.07, 6.45) is 1.71. The molecule has 1 aromatic carbocycles. The van der Waals surface area contributed by atoms with Gasteiger partial charge in [0.1, 0.15) is 5.82 Å². The standard InChI is InChI=1S/C17H20BCl2FO3S/c1-10(22)25-9-11(18-23-16(2,3)17(4,5)24-18)6-13-14(19)7-12(21)8-15(13)20/h6-8H,9H2,1-5H3. The predicted molar refractivity (Wildman–Crippen MR) is 104 cm³/mol. The summed E-state index contributed by atoms with van der Waals surface area (Å²) < 4.78 is 25.5. The third kappa shape index (κ3) is 4.80. The summed E-state index contributed by atoms with van der Waals surface area (Å²) in [5.41, 5.74) is 0.134. The Hall–Kier alpha value is -0.525. The monoisotopic (exact) mass is 404 g/mol. The second kappa shape index (κ2) is 7.61. The van der Waals surface area contributed by atoms with Gasteiger partial charge in [-0.3, -0.25) is 4.79 Å². The predicted octanol–water partition coefficient (Wildman–Crippen LogP) is 5.43. The molecular weight excluding hydrogens is 385 g/mol. The molecule has 1 aromatic rings. The maximum atomic E-state index is 13.4. The van der Waals surface area contributed by atoms with Crippen molar-refractivity contribution in [2.24, 2.45) is 0 Å². The number of halogens is 3. The molecule has 0 radical (unpaired) electrons.